The van der Waals surface area contributed by atoms with Crippen molar-refractivity contribution in [1.29, 1.82) is 0 Å². The van der Waals surface area contributed by atoms with E-state index in [4.69, 9.17) is 9.52 Å². The molecule has 3 aliphatic rings. The number of nitrogens with zero attached hydrogens (tertiary/aromatic N) is 4. The predicted molar refractivity (Wildman–Crippen MR) is 177 cm³/mol. The molecule has 1 N–H and O–H groups in total. The number of amidine groups is 1. The van der Waals surface area contributed by atoms with E-state index in [-0.39, 0.29) is 22.6 Å². The molecule has 2 aliphatic heterocycles. The SMILES string of the molecule is CCCC1=NC2(CCCC2)C(=O)N1Cc1ccc(-c2ccccc2S(=O)(=O)Nc2onc(C)c2C)c(CN2CCC(C)(C)C2=O)c1. The van der Waals surface area contributed by atoms with Crippen LogP contribution in [0.1, 0.15) is 88.1 Å². The van der Waals surface area contributed by atoms with Crippen molar-refractivity contribution in [3.63, 3.8) is 0 Å². The molecule has 0 atom stereocenters. The highest BCUT2D eigenvalue weighted by Crippen LogP contribution is 2.41. The van der Waals surface area contributed by atoms with Gasteiger partial charge in [-0.15, -0.1) is 0 Å². The summed E-state index contributed by atoms with van der Waals surface area (Å²) < 4.78 is 35.4. The van der Waals surface area contributed by atoms with Crippen LogP contribution in [0.5, 0.6) is 0 Å². The summed E-state index contributed by atoms with van der Waals surface area (Å²) in [6, 6.07) is 12.7. The monoisotopic (exact) mass is 645 g/mol. The van der Waals surface area contributed by atoms with Gasteiger partial charge in [0.25, 0.3) is 15.9 Å². The number of nitrogens with one attached hydrogen (secondary N) is 1. The molecule has 0 bridgehead atoms. The highest BCUT2D eigenvalue weighted by Gasteiger charge is 2.49. The Morgan fingerprint density at radius 1 is 0.957 bits per heavy atom. The van der Waals surface area contributed by atoms with E-state index in [9.17, 15) is 18.0 Å². The van der Waals surface area contributed by atoms with Crippen molar-refractivity contribution < 1.29 is 22.5 Å². The summed E-state index contributed by atoms with van der Waals surface area (Å²) >= 11 is 0. The largest absolute Gasteiger partial charge is 0.338 e. The third-order valence-electron chi connectivity index (χ3n) is 9.80. The van der Waals surface area contributed by atoms with E-state index >= 15 is 0 Å². The molecule has 244 valence electrons. The van der Waals surface area contributed by atoms with Gasteiger partial charge in [0.2, 0.25) is 11.8 Å². The van der Waals surface area contributed by atoms with Crippen molar-refractivity contribution in [3.05, 3.63) is 64.8 Å². The Balaban J connectivity index is 1.39. The van der Waals surface area contributed by atoms with Gasteiger partial charge in [-0.3, -0.25) is 19.5 Å². The third kappa shape index (κ3) is 5.74. The number of hydrogen-bond donors (Lipinski definition) is 1. The zero-order valence-corrected chi connectivity index (χ0v) is 28.2. The van der Waals surface area contributed by atoms with E-state index in [1.165, 1.54) is 0 Å². The second kappa shape index (κ2) is 12.0. The second-order valence-electron chi connectivity index (χ2n) is 13.6. The van der Waals surface area contributed by atoms with E-state index in [2.05, 4.69) is 16.8 Å². The molecule has 1 aromatic heterocycles. The fourth-order valence-corrected chi connectivity index (χ4v) is 8.20. The topological polar surface area (TPSA) is 125 Å². The van der Waals surface area contributed by atoms with Crippen molar-refractivity contribution >= 4 is 33.6 Å². The normalized spacial score (nSPS) is 19.0. The number of anilines is 1. The van der Waals surface area contributed by atoms with Crippen LogP contribution >= 0.6 is 0 Å². The molecular formula is C35H43N5O5S. The fraction of sp³-hybridized carbons (Fsp3) is 0.486. The van der Waals surface area contributed by atoms with Gasteiger partial charge in [0.1, 0.15) is 11.4 Å². The molecule has 1 spiro atoms. The Kier molecular flexibility index (Phi) is 8.33. The first-order chi connectivity index (χ1) is 21.8. The van der Waals surface area contributed by atoms with Crippen molar-refractivity contribution in [1.82, 2.24) is 15.0 Å². The van der Waals surface area contributed by atoms with Crippen LogP contribution in [0, 0.1) is 19.3 Å². The quantitative estimate of drug-likeness (QED) is 0.273. The number of aryl methyl sites for hydroxylation is 1. The van der Waals surface area contributed by atoms with Gasteiger partial charge in [0.05, 0.1) is 17.1 Å². The minimum absolute atomic E-state index is 0.0675. The minimum Gasteiger partial charge on any atom is -0.338 e. The van der Waals surface area contributed by atoms with Gasteiger partial charge in [-0.25, -0.2) is 13.1 Å². The van der Waals surface area contributed by atoms with Gasteiger partial charge < -0.3 is 9.42 Å². The van der Waals surface area contributed by atoms with Crippen LogP contribution < -0.4 is 4.72 Å². The number of carbonyl (C=O) groups is 2. The summed E-state index contributed by atoms with van der Waals surface area (Å²) in [6.07, 6.45) is 5.97. The minimum atomic E-state index is -4.07. The summed E-state index contributed by atoms with van der Waals surface area (Å²) in [4.78, 5) is 35.9. The van der Waals surface area contributed by atoms with E-state index < -0.39 is 21.0 Å². The standard InChI is InChI=1S/C35H43N5O5S/c1-6-11-30-36-35(16-9-10-17-35)33(42)40(30)21-25-14-15-27(26(20-25)22-39-19-18-34(4,5)32(39)41)28-12-7-8-13-29(28)46(43,44)38-31-23(2)24(3)37-45-31/h7-8,12-15,20,38H,6,9-11,16-19,21-22H2,1-5H3. The molecule has 2 aromatic carbocycles. The van der Waals surface area contributed by atoms with Gasteiger partial charge in [0.15, 0.2) is 0 Å². The molecule has 2 fully saturated rings. The summed E-state index contributed by atoms with van der Waals surface area (Å²) in [5.41, 5.74) is 3.06. The van der Waals surface area contributed by atoms with Gasteiger partial charge >= 0.3 is 0 Å². The number of amides is 2. The highest BCUT2D eigenvalue weighted by atomic mass is 32.2. The number of aromatic nitrogens is 1. The van der Waals surface area contributed by atoms with Crippen LogP contribution in [-0.4, -0.2) is 53.1 Å². The number of sulfonamides is 1. The molecule has 0 unspecified atom stereocenters. The Hall–Kier alpha value is -3.99. The molecule has 10 nitrogen and oxygen atoms in total. The maximum atomic E-state index is 13.8. The number of carbonyl (C=O) groups excluding carboxylic acids is 2. The Labute approximate surface area is 271 Å². The fourth-order valence-electron chi connectivity index (χ4n) is 6.93. The van der Waals surface area contributed by atoms with Crippen LogP contribution in [0.15, 0.2) is 56.9 Å². The molecule has 1 saturated heterocycles. The molecule has 0 radical (unpaired) electrons. The number of aliphatic imine (C=N–C) groups is 1. The van der Waals surface area contributed by atoms with E-state index in [1.807, 2.05) is 41.8 Å². The molecule has 6 rings (SSSR count). The average Bonchev–Trinajstić information content (AvgIpc) is 3.75. The maximum absolute atomic E-state index is 13.8. The Morgan fingerprint density at radius 2 is 1.70 bits per heavy atom. The van der Waals surface area contributed by atoms with Gasteiger partial charge in [-0.2, -0.15) is 0 Å². The van der Waals surface area contributed by atoms with Crippen LogP contribution in [0.2, 0.25) is 0 Å². The molecule has 3 heterocycles. The Bertz CT molecular complexity index is 1820. The lowest BCUT2D eigenvalue weighted by molar-refractivity contribution is -0.135. The molecule has 1 saturated carbocycles. The first-order valence-electron chi connectivity index (χ1n) is 16.2. The van der Waals surface area contributed by atoms with Crippen LogP contribution in [0.25, 0.3) is 11.1 Å². The van der Waals surface area contributed by atoms with Gasteiger partial charge in [-0.1, -0.05) is 75.2 Å². The van der Waals surface area contributed by atoms with E-state index in [1.54, 1.807) is 38.1 Å². The third-order valence-corrected chi connectivity index (χ3v) is 11.2. The van der Waals surface area contributed by atoms with E-state index in [0.29, 0.717) is 42.0 Å². The lowest BCUT2D eigenvalue weighted by Crippen LogP contribution is -2.40. The van der Waals surface area contributed by atoms with Crippen LogP contribution in [0.4, 0.5) is 5.88 Å². The average molecular weight is 646 g/mol. The predicted octanol–water partition coefficient (Wildman–Crippen LogP) is 6.37. The summed E-state index contributed by atoms with van der Waals surface area (Å²) in [5.74, 6) is 1.07. The number of hydrogen-bond acceptors (Lipinski definition) is 7. The molecule has 1 aliphatic carbocycles. The first-order valence-corrected chi connectivity index (χ1v) is 17.7. The molecule has 11 heteroatoms. The van der Waals surface area contributed by atoms with Gasteiger partial charge in [0, 0.05) is 36.1 Å². The summed E-state index contributed by atoms with van der Waals surface area (Å²) in [5, 5.41) is 3.89. The highest BCUT2D eigenvalue weighted by molar-refractivity contribution is 7.92. The van der Waals surface area contributed by atoms with Crippen molar-refractivity contribution in [3.8, 4) is 11.1 Å². The zero-order chi connectivity index (χ0) is 32.9. The number of benzene rings is 2. The Morgan fingerprint density at radius 3 is 2.35 bits per heavy atom. The first kappa shape index (κ1) is 32.0. The summed E-state index contributed by atoms with van der Waals surface area (Å²) in [7, 11) is -4.07. The summed E-state index contributed by atoms with van der Waals surface area (Å²) in [6.45, 7) is 10.8. The van der Waals surface area contributed by atoms with Gasteiger partial charge in [-0.05, 0) is 62.3 Å². The molecule has 46 heavy (non-hydrogen) atoms. The van der Waals surface area contributed by atoms with Crippen molar-refractivity contribution in [2.75, 3.05) is 11.3 Å². The number of rotatable bonds is 10. The second-order valence-corrected chi connectivity index (χ2v) is 15.2. The maximum Gasteiger partial charge on any atom is 0.264 e. The lowest BCUT2D eigenvalue weighted by atomic mass is 9.92. The molecule has 3 aromatic rings. The molecule has 2 amide bonds. The zero-order valence-electron chi connectivity index (χ0n) is 27.4. The van der Waals surface area contributed by atoms with Crippen LogP contribution in [-0.2, 0) is 32.7 Å². The smallest absolute Gasteiger partial charge is 0.264 e. The van der Waals surface area contributed by atoms with Crippen molar-refractivity contribution in [2.24, 2.45) is 10.4 Å². The van der Waals surface area contributed by atoms with Crippen LogP contribution in [0.3, 0.4) is 0 Å². The lowest BCUT2D eigenvalue weighted by Gasteiger charge is -2.25. The number of likely N-dealkylation sites (tertiary alicyclic amines) is 1. The molecular weight excluding hydrogens is 602 g/mol. The van der Waals surface area contributed by atoms with E-state index in [0.717, 1.165) is 61.9 Å². The van der Waals surface area contributed by atoms with Crippen molar-refractivity contribution in [2.45, 2.75) is 103 Å².